The number of carbonyl (C=O) groups is 1. The van der Waals surface area contributed by atoms with E-state index in [1.165, 1.54) is 0 Å². The molecule has 4 nitrogen and oxygen atoms in total. The van der Waals surface area contributed by atoms with Crippen molar-refractivity contribution in [3.63, 3.8) is 0 Å². The Morgan fingerprint density at radius 1 is 0.917 bits per heavy atom. The van der Waals surface area contributed by atoms with E-state index in [2.05, 4.69) is 0 Å². The fourth-order valence-electron chi connectivity index (χ4n) is 1.91. The summed E-state index contributed by atoms with van der Waals surface area (Å²) in [5.74, 6) is 1.50. The molecule has 128 valence electrons. The van der Waals surface area contributed by atoms with Crippen LogP contribution in [0.3, 0.4) is 0 Å². The first-order valence-electron chi connectivity index (χ1n) is 7.70. The molecule has 0 atom stereocenters. The van der Waals surface area contributed by atoms with Crippen LogP contribution in [0.2, 0.25) is 5.02 Å². The summed E-state index contributed by atoms with van der Waals surface area (Å²) >= 11 is 5.84. The van der Waals surface area contributed by atoms with Crippen LogP contribution < -0.4 is 9.47 Å². The monoisotopic (exact) mass is 348 g/mol. The first kappa shape index (κ1) is 18.1. The topological polar surface area (TPSA) is 44.8 Å². The minimum absolute atomic E-state index is 0.185. The quantitative estimate of drug-likeness (QED) is 0.669. The number of hydrogen-bond acceptors (Lipinski definition) is 4. The Hall–Kier alpha value is -2.20. The van der Waals surface area contributed by atoms with Crippen LogP contribution in [0.5, 0.6) is 17.2 Å². The predicted octanol–water partition coefficient (Wildman–Crippen LogP) is 5.24. The molecule has 0 heterocycles. The molecular weight excluding hydrogens is 328 g/mol. The van der Waals surface area contributed by atoms with E-state index in [1.54, 1.807) is 76.2 Å². The van der Waals surface area contributed by atoms with Gasteiger partial charge in [0.2, 0.25) is 0 Å². The number of ether oxygens (including phenoxy) is 3. The maximum absolute atomic E-state index is 12.0. The number of rotatable bonds is 6. The summed E-state index contributed by atoms with van der Waals surface area (Å²) < 4.78 is 16.7. The van der Waals surface area contributed by atoms with Crippen molar-refractivity contribution in [2.75, 3.05) is 0 Å². The third kappa shape index (κ3) is 5.17. The van der Waals surface area contributed by atoms with Gasteiger partial charge in [-0.15, -0.1) is 0 Å². The summed E-state index contributed by atoms with van der Waals surface area (Å²) in [6.45, 7) is 6.96. The van der Waals surface area contributed by atoms with Gasteiger partial charge < -0.3 is 14.2 Å². The Morgan fingerprint density at radius 2 is 1.38 bits per heavy atom. The van der Waals surface area contributed by atoms with Gasteiger partial charge in [-0.25, -0.2) is 4.79 Å². The number of benzene rings is 2. The second-order valence-corrected chi connectivity index (χ2v) is 6.53. The first-order valence-corrected chi connectivity index (χ1v) is 8.07. The Bertz CT molecular complexity index is 676. The lowest BCUT2D eigenvalue weighted by atomic mass is 10.1. The number of halogens is 1. The SMILES string of the molecule is CC(C)OC(=O)C(C)(C)Oc1ccc(Oc2ccc(Cl)cc2)cc1. The fourth-order valence-corrected chi connectivity index (χ4v) is 2.03. The normalized spacial score (nSPS) is 11.2. The van der Waals surface area contributed by atoms with Crippen molar-refractivity contribution in [3.05, 3.63) is 53.6 Å². The molecule has 0 saturated carbocycles. The van der Waals surface area contributed by atoms with Crippen molar-refractivity contribution in [1.29, 1.82) is 0 Å². The Morgan fingerprint density at radius 3 is 1.88 bits per heavy atom. The zero-order chi connectivity index (χ0) is 17.7. The largest absolute Gasteiger partial charge is 0.476 e. The van der Waals surface area contributed by atoms with Crippen LogP contribution in [-0.2, 0) is 9.53 Å². The molecule has 0 aliphatic heterocycles. The average molecular weight is 349 g/mol. The summed E-state index contributed by atoms with van der Waals surface area (Å²) in [4.78, 5) is 12.0. The van der Waals surface area contributed by atoms with Gasteiger partial charge in [0.15, 0.2) is 5.60 Å². The molecule has 0 bridgehead atoms. The maximum Gasteiger partial charge on any atom is 0.350 e. The summed E-state index contributed by atoms with van der Waals surface area (Å²) in [5, 5.41) is 0.654. The molecule has 0 aromatic heterocycles. The molecule has 0 saturated heterocycles. The number of carbonyl (C=O) groups excluding carboxylic acids is 1. The average Bonchev–Trinajstić information content (AvgIpc) is 2.50. The van der Waals surface area contributed by atoms with Gasteiger partial charge in [-0.3, -0.25) is 0 Å². The van der Waals surface area contributed by atoms with Crippen molar-refractivity contribution in [2.24, 2.45) is 0 Å². The van der Waals surface area contributed by atoms with Crippen LogP contribution in [0.15, 0.2) is 48.5 Å². The summed E-state index contributed by atoms with van der Waals surface area (Å²) in [7, 11) is 0. The van der Waals surface area contributed by atoms with Gasteiger partial charge in [-0.2, -0.15) is 0 Å². The molecular formula is C19H21ClO4. The van der Waals surface area contributed by atoms with E-state index in [9.17, 15) is 4.79 Å². The van der Waals surface area contributed by atoms with E-state index in [1.807, 2.05) is 0 Å². The van der Waals surface area contributed by atoms with Gasteiger partial charge in [-0.05, 0) is 76.2 Å². The van der Waals surface area contributed by atoms with Crippen molar-refractivity contribution in [2.45, 2.75) is 39.4 Å². The van der Waals surface area contributed by atoms with Crippen LogP contribution >= 0.6 is 11.6 Å². The van der Waals surface area contributed by atoms with Crippen LogP contribution in [0, 0.1) is 0 Å². The number of hydrogen-bond donors (Lipinski definition) is 0. The Balaban J connectivity index is 2.01. The van der Waals surface area contributed by atoms with E-state index in [0.29, 0.717) is 22.3 Å². The standard InChI is InChI=1S/C19H21ClO4/c1-13(2)22-18(21)19(3,4)24-17-11-9-16(10-12-17)23-15-7-5-14(20)6-8-15/h5-13H,1-4H3. The molecule has 0 aliphatic carbocycles. The molecule has 2 rings (SSSR count). The van der Waals surface area contributed by atoms with E-state index in [0.717, 1.165) is 0 Å². The summed E-state index contributed by atoms with van der Waals surface area (Å²) in [6, 6.07) is 14.1. The van der Waals surface area contributed by atoms with Gasteiger partial charge in [0.1, 0.15) is 17.2 Å². The highest BCUT2D eigenvalue weighted by Gasteiger charge is 2.32. The highest BCUT2D eigenvalue weighted by atomic mass is 35.5. The highest BCUT2D eigenvalue weighted by Crippen LogP contribution is 2.27. The molecule has 0 fully saturated rings. The van der Waals surface area contributed by atoms with Gasteiger partial charge in [-0.1, -0.05) is 11.6 Å². The summed E-state index contributed by atoms with van der Waals surface area (Å²) in [6.07, 6.45) is -0.185. The van der Waals surface area contributed by atoms with Crippen LogP contribution in [0.25, 0.3) is 0 Å². The third-order valence-corrected chi connectivity index (χ3v) is 3.33. The van der Waals surface area contributed by atoms with Gasteiger partial charge >= 0.3 is 5.97 Å². The van der Waals surface area contributed by atoms with Crippen molar-refractivity contribution in [1.82, 2.24) is 0 Å². The fraction of sp³-hybridized carbons (Fsp3) is 0.316. The second kappa shape index (κ2) is 7.58. The minimum Gasteiger partial charge on any atom is -0.476 e. The highest BCUT2D eigenvalue weighted by molar-refractivity contribution is 6.30. The molecule has 2 aromatic carbocycles. The predicted molar refractivity (Wildman–Crippen MR) is 93.9 cm³/mol. The van der Waals surface area contributed by atoms with Crippen molar-refractivity contribution >= 4 is 17.6 Å². The second-order valence-electron chi connectivity index (χ2n) is 6.09. The maximum atomic E-state index is 12.0. The van der Waals surface area contributed by atoms with Crippen LogP contribution in [-0.4, -0.2) is 17.7 Å². The molecule has 0 amide bonds. The van der Waals surface area contributed by atoms with Gasteiger partial charge in [0.05, 0.1) is 6.10 Å². The molecule has 0 spiro atoms. The van der Waals surface area contributed by atoms with E-state index in [4.69, 9.17) is 25.8 Å². The van der Waals surface area contributed by atoms with E-state index in [-0.39, 0.29) is 6.10 Å². The lowest BCUT2D eigenvalue weighted by Crippen LogP contribution is -2.40. The molecule has 0 radical (unpaired) electrons. The van der Waals surface area contributed by atoms with Gasteiger partial charge in [0, 0.05) is 5.02 Å². The Kier molecular flexibility index (Phi) is 5.73. The van der Waals surface area contributed by atoms with E-state index >= 15 is 0 Å². The minimum atomic E-state index is -1.07. The zero-order valence-corrected chi connectivity index (χ0v) is 15.0. The van der Waals surface area contributed by atoms with E-state index < -0.39 is 11.6 Å². The lowest BCUT2D eigenvalue weighted by molar-refractivity contribution is -0.163. The molecule has 0 N–H and O–H groups in total. The van der Waals surface area contributed by atoms with Crippen molar-refractivity contribution in [3.8, 4) is 17.2 Å². The van der Waals surface area contributed by atoms with Crippen molar-refractivity contribution < 1.29 is 19.0 Å². The summed E-state index contributed by atoms with van der Waals surface area (Å²) in [5.41, 5.74) is -1.07. The zero-order valence-electron chi connectivity index (χ0n) is 14.2. The molecule has 0 unspecified atom stereocenters. The lowest BCUT2D eigenvalue weighted by Gasteiger charge is -2.25. The van der Waals surface area contributed by atoms with Crippen LogP contribution in [0.1, 0.15) is 27.7 Å². The van der Waals surface area contributed by atoms with Crippen LogP contribution in [0.4, 0.5) is 0 Å². The molecule has 0 aliphatic rings. The Labute approximate surface area is 147 Å². The molecule has 5 heteroatoms. The molecule has 24 heavy (non-hydrogen) atoms. The third-order valence-electron chi connectivity index (χ3n) is 3.08. The molecule has 2 aromatic rings. The first-order chi connectivity index (χ1) is 11.3. The smallest absolute Gasteiger partial charge is 0.350 e. The number of esters is 1. The van der Waals surface area contributed by atoms with Gasteiger partial charge in [0.25, 0.3) is 0 Å².